The smallest absolute Gasteiger partial charge is 0.146 e. The summed E-state index contributed by atoms with van der Waals surface area (Å²) in [6.07, 6.45) is 3.74. The third kappa shape index (κ3) is 2.78. The van der Waals surface area contributed by atoms with Crippen LogP contribution >= 0.6 is 0 Å². The molecule has 0 bridgehead atoms. The second-order valence-corrected chi connectivity index (χ2v) is 10.8. The van der Waals surface area contributed by atoms with E-state index < -0.39 is 0 Å². The van der Waals surface area contributed by atoms with Gasteiger partial charge in [-0.3, -0.25) is 18.8 Å². The van der Waals surface area contributed by atoms with Crippen molar-refractivity contribution in [3.05, 3.63) is 122 Å². The summed E-state index contributed by atoms with van der Waals surface area (Å²) in [7, 11) is 0. The molecule has 6 aromatic heterocycles. The van der Waals surface area contributed by atoms with E-state index in [9.17, 15) is 0 Å². The van der Waals surface area contributed by atoms with Gasteiger partial charge in [0.15, 0.2) is 0 Å². The molecular formula is C36H20N6. The first-order valence-electron chi connectivity index (χ1n) is 14.0. The van der Waals surface area contributed by atoms with Crippen molar-refractivity contribution < 1.29 is 0 Å². The molecule has 0 aliphatic rings. The van der Waals surface area contributed by atoms with Gasteiger partial charge in [-0.2, -0.15) is 0 Å². The molecule has 0 fully saturated rings. The van der Waals surface area contributed by atoms with E-state index in [0.717, 1.165) is 88.1 Å². The van der Waals surface area contributed by atoms with E-state index in [1.54, 1.807) is 0 Å². The summed E-state index contributed by atoms with van der Waals surface area (Å²) in [5, 5.41) is 4.34. The lowest BCUT2D eigenvalue weighted by Crippen LogP contribution is -1.94. The number of imidazole rings is 2. The number of para-hydroxylation sites is 4. The Bertz CT molecular complexity index is 2560. The Morgan fingerprint density at radius 3 is 1.36 bits per heavy atom. The lowest BCUT2D eigenvalue weighted by atomic mass is 9.98. The van der Waals surface area contributed by atoms with Gasteiger partial charge >= 0.3 is 0 Å². The fourth-order valence-corrected chi connectivity index (χ4v) is 6.70. The Morgan fingerprint density at radius 2 is 0.857 bits per heavy atom. The number of pyridine rings is 4. The van der Waals surface area contributed by atoms with Crippen molar-refractivity contribution in [1.82, 2.24) is 28.7 Å². The molecule has 10 rings (SSSR count). The molecular weight excluding hydrogens is 516 g/mol. The quantitative estimate of drug-likeness (QED) is 0.198. The van der Waals surface area contributed by atoms with Crippen molar-refractivity contribution in [1.29, 1.82) is 0 Å². The summed E-state index contributed by atoms with van der Waals surface area (Å²) < 4.78 is 4.46. The van der Waals surface area contributed by atoms with Crippen LogP contribution < -0.4 is 0 Å². The molecule has 6 heterocycles. The number of benzene rings is 4. The normalized spacial score (nSPS) is 12.3. The first kappa shape index (κ1) is 21.9. The molecule has 0 aliphatic carbocycles. The van der Waals surface area contributed by atoms with Gasteiger partial charge in [-0.1, -0.05) is 36.4 Å². The predicted molar refractivity (Wildman–Crippen MR) is 170 cm³/mol. The van der Waals surface area contributed by atoms with E-state index in [1.807, 2.05) is 36.7 Å². The van der Waals surface area contributed by atoms with Crippen LogP contribution in [0.5, 0.6) is 0 Å². The van der Waals surface area contributed by atoms with Crippen molar-refractivity contribution in [2.24, 2.45) is 0 Å². The predicted octanol–water partition coefficient (Wildman–Crippen LogP) is 8.36. The van der Waals surface area contributed by atoms with Gasteiger partial charge in [0.05, 0.1) is 44.1 Å². The highest BCUT2D eigenvalue weighted by Gasteiger charge is 2.17. The van der Waals surface area contributed by atoms with Gasteiger partial charge in [-0.05, 0) is 83.9 Å². The van der Waals surface area contributed by atoms with Crippen LogP contribution in [0.15, 0.2) is 122 Å². The van der Waals surface area contributed by atoms with Crippen LogP contribution in [0.4, 0.5) is 0 Å². The van der Waals surface area contributed by atoms with Crippen LogP contribution in [0, 0.1) is 0 Å². The monoisotopic (exact) mass is 536 g/mol. The van der Waals surface area contributed by atoms with Crippen LogP contribution in [0.25, 0.3) is 88.1 Å². The van der Waals surface area contributed by atoms with Gasteiger partial charge in [-0.25, -0.2) is 9.97 Å². The minimum Gasteiger partial charge on any atom is -0.290 e. The second kappa shape index (κ2) is 7.86. The average Bonchev–Trinajstić information content (AvgIpc) is 3.64. The van der Waals surface area contributed by atoms with Crippen LogP contribution in [0.1, 0.15) is 0 Å². The summed E-state index contributed by atoms with van der Waals surface area (Å²) in [6.45, 7) is 0. The highest BCUT2D eigenvalue weighted by molar-refractivity contribution is 6.15. The number of aromatic nitrogens is 6. The average molecular weight is 537 g/mol. The molecule has 0 unspecified atom stereocenters. The second-order valence-electron chi connectivity index (χ2n) is 10.8. The first-order chi connectivity index (χ1) is 20.8. The molecule has 0 spiro atoms. The van der Waals surface area contributed by atoms with Crippen molar-refractivity contribution in [2.45, 2.75) is 0 Å². The van der Waals surface area contributed by atoms with Crippen LogP contribution in [-0.4, -0.2) is 28.7 Å². The maximum atomic E-state index is 5.04. The molecule has 194 valence electrons. The molecule has 6 heteroatoms. The Kier molecular flexibility index (Phi) is 4.10. The fourth-order valence-electron chi connectivity index (χ4n) is 6.70. The number of hydrogen-bond donors (Lipinski definition) is 0. The van der Waals surface area contributed by atoms with Gasteiger partial charge in [0, 0.05) is 33.9 Å². The summed E-state index contributed by atoms with van der Waals surface area (Å²) in [5.41, 5.74) is 12.3. The van der Waals surface area contributed by atoms with E-state index >= 15 is 0 Å². The molecule has 0 saturated carbocycles. The van der Waals surface area contributed by atoms with Gasteiger partial charge < -0.3 is 0 Å². The Morgan fingerprint density at radius 1 is 0.405 bits per heavy atom. The highest BCUT2D eigenvalue weighted by atomic mass is 15.0. The van der Waals surface area contributed by atoms with Crippen molar-refractivity contribution in [3.63, 3.8) is 0 Å². The number of hydrogen-bond acceptors (Lipinski definition) is 4. The summed E-state index contributed by atoms with van der Waals surface area (Å²) in [5.74, 6) is 0. The molecule has 4 aromatic carbocycles. The van der Waals surface area contributed by atoms with Gasteiger partial charge in [-0.15, -0.1) is 0 Å². The van der Waals surface area contributed by atoms with Crippen molar-refractivity contribution >= 4 is 77.0 Å². The number of fused-ring (bicyclic) bond motifs is 16. The largest absolute Gasteiger partial charge is 0.290 e. The topological polar surface area (TPSA) is 60.4 Å². The maximum absolute atomic E-state index is 5.04. The fraction of sp³-hybridized carbons (Fsp3) is 0. The van der Waals surface area contributed by atoms with Gasteiger partial charge in [0.1, 0.15) is 11.3 Å². The first-order valence-corrected chi connectivity index (χ1v) is 14.0. The molecule has 0 atom stereocenters. The third-order valence-electron chi connectivity index (χ3n) is 8.54. The van der Waals surface area contributed by atoms with Crippen LogP contribution in [-0.2, 0) is 0 Å². The van der Waals surface area contributed by atoms with Gasteiger partial charge in [0.2, 0.25) is 0 Å². The zero-order valence-electron chi connectivity index (χ0n) is 22.2. The molecule has 0 N–H and O–H groups in total. The summed E-state index contributed by atoms with van der Waals surface area (Å²) >= 11 is 0. The summed E-state index contributed by atoms with van der Waals surface area (Å²) in [6, 6.07) is 38.1. The van der Waals surface area contributed by atoms with E-state index in [4.69, 9.17) is 19.9 Å². The van der Waals surface area contributed by atoms with Gasteiger partial charge in [0.25, 0.3) is 0 Å². The van der Waals surface area contributed by atoms with Crippen LogP contribution in [0.3, 0.4) is 0 Å². The van der Waals surface area contributed by atoms with Crippen LogP contribution in [0.2, 0.25) is 0 Å². The SMILES string of the molecule is c1ccc2c(c1)nc1c3ccc(-c4ccc5c(c4)c4ncccc4n4c6ccccc6nc54)cc3c3ncccc3n21. The zero-order chi connectivity index (χ0) is 27.4. The third-order valence-corrected chi connectivity index (χ3v) is 8.54. The van der Waals surface area contributed by atoms with E-state index in [-0.39, 0.29) is 0 Å². The van der Waals surface area contributed by atoms with Crippen molar-refractivity contribution in [3.8, 4) is 11.1 Å². The van der Waals surface area contributed by atoms with E-state index in [1.165, 1.54) is 0 Å². The minimum atomic E-state index is 0.945. The standard InChI is InChI=1S/C36H20N6/c1-3-9-29-27(7-1)39-35-23-15-13-21(19-25(23)33-31(41(29)35)11-5-17-37-33)22-14-16-24-26(20-22)34-32(12-6-18-38-34)42-30-10-4-2-8-28(30)40-36(24)42/h1-20H. The Balaban J connectivity index is 1.28. The number of rotatable bonds is 1. The number of nitrogens with zero attached hydrogens (tertiary/aromatic N) is 6. The lowest BCUT2D eigenvalue weighted by Gasteiger charge is -2.12. The minimum absolute atomic E-state index is 0.945. The molecule has 0 aliphatic heterocycles. The molecule has 0 amide bonds. The lowest BCUT2D eigenvalue weighted by molar-refractivity contribution is 1.29. The van der Waals surface area contributed by atoms with Crippen molar-refractivity contribution in [2.75, 3.05) is 0 Å². The van der Waals surface area contributed by atoms with E-state index in [0.29, 0.717) is 0 Å². The molecule has 0 saturated heterocycles. The highest BCUT2D eigenvalue weighted by Crippen LogP contribution is 2.37. The maximum Gasteiger partial charge on any atom is 0.146 e. The molecule has 0 radical (unpaired) electrons. The molecule has 10 aromatic rings. The Hall–Kier alpha value is -5.88. The molecule has 42 heavy (non-hydrogen) atoms. The van der Waals surface area contributed by atoms with E-state index in [2.05, 4.69) is 93.7 Å². The molecule has 6 nitrogen and oxygen atoms in total. The zero-order valence-corrected chi connectivity index (χ0v) is 22.2. The Labute approximate surface area is 238 Å². The summed E-state index contributed by atoms with van der Waals surface area (Å²) in [4.78, 5) is 19.8.